The highest BCUT2D eigenvalue weighted by atomic mass is 16.5. The predicted molar refractivity (Wildman–Crippen MR) is 76.7 cm³/mol. The van der Waals surface area contributed by atoms with Gasteiger partial charge in [0.15, 0.2) is 0 Å². The second-order valence-electron chi connectivity index (χ2n) is 6.93. The van der Waals surface area contributed by atoms with Crippen LogP contribution in [0.15, 0.2) is 0 Å². The highest BCUT2D eigenvalue weighted by molar-refractivity contribution is 5.01. The zero-order chi connectivity index (χ0) is 13.0. The monoisotopic (exact) mass is 253 g/mol. The summed E-state index contributed by atoms with van der Waals surface area (Å²) in [6.45, 7) is 6.72. The molecule has 2 bridgehead atoms. The molecular formula is C16H31NO. The average molecular weight is 253 g/mol. The lowest BCUT2D eigenvalue weighted by molar-refractivity contribution is 0.126. The Labute approximate surface area is 113 Å². The van der Waals surface area contributed by atoms with E-state index in [4.69, 9.17) is 4.74 Å². The Morgan fingerprint density at radius 2 is 2.11 bits per heavy atom. The summed E-state index contributed by atoms with van der Waals surface area (Å²) in [7, 11) is 1.81. The van der Waals surface area contributed by atoms with Gasteiger partial charge in [0, 0.05) is 26.3 Å². The van der Waals surface area contributed by atoms with Gasteiger partial charge in [-0.05, 0) is 49.4 Å². The Morgan fingerprint density at radius 1 is 1.28 bits per heavy atom. The highest BCUT2D eigenvalue weighted by Gasteiger charge is 2.49. The second-order valence-corrected chi connectivity index (χ2v) is 6.93. The maximum absolute atomic E-state index is 5.18. The molecule has 2 heteroatoms. The Kier molecular flexibility index (Phi) is 5.08. The number of nitrogens with one attached hydrogen (secondary N) is 1. The Bertz CT molecular complexity index is 253. The van der Waals surface area contributed by atoms with E-state index in [0.717, 1.165) is 18.4 Å². The summed E-state index contributed by atoms with van der Waals surface area (Å²) in [6, 6.07) is 0.625. The van der Waals surface area contributed by atoms with Crippen molar-refractivity contribution in [3.8, 4) is 0 Å². The zero-order valence-corrected chi connectivity index (χ0v) is 12.5. The Morgan fingerprint density at radius 3 is 2.67 bits per heavy atom. The molecule has 2 fully saturated rings. The number of rotatable bonds is 8. The van der Waals surface area contributed by atoms with E-state index in [0.29, 0.717) is 11.5 Å². The van der Waals surface area contributed by atoms with Gasteiger partial charge in [0.25, 0.3) is 0 Å². The minimum Gasteiger partial charge on any atom is -0.385 e. The number of hydrogen-bond donors (Lipinski definition) is 1. The van der Waals surface area contributed by atoms with Gasteiger partial charge in [-0.25, -0.2) is 0 Å². The number of ether oxygens (including phenoxy) is 1. The van der Waals surface area contributed by atoms with Crippen LogP contribution in [0.2, 0.25) is 0 Å². The molecule has 2 saturated carbocycles. The summed E-state index contributed by atoms with van der Waals surface area (Å²) in [4.78, 5) is 0. The van der Waals surface area contributed by atoms with Gasteiger partial charge in [-0.2, -0.15) is 0 Å². The van der Waals surface area contributed by atoms with Crippen molar-refractivity contribution in [3.63, 3.8) is 0 Å². The maximum Gasteiger partial charge on any atom is 0.0462 e. The lowest BCUT2D eigenvalue weighted by atomic mass is 9.69. The molecule has 0 heterocycles. The Balaban J connectivity index is 1.86. The summed E-state index contributed by atoms with van der Waals surface area (Å²) >= 11 is 0. The number of hydrogen-bond acceptors (Lipinski definition) is 2. The van der Waals surface area contributed by atoms with Crippen molar-refractivity contribution in [2.75, 3.05) is 20.3 Å². The average Bonchev–Trinajstić information content (AvgIpc) is 2.93. The van der Waals surface area contributed by atoms with Gasteiger partial charge in [0.1, 0.15) is 0 Å². The summed E-state index contributed by atoms with van der Waals surface area (Å²) in [6.07, 6.45) is 10.0. The van der Waals surface area contributed by atoms with Gasteiger partial charge in [-0.15, -0.1) is 0 Å². The Hall–Kier alpha value is -0.0800. The molecule has 0 radical (unpaired) electrons. The molecule has 2 rings (SSSR count). The fourth-order valence-electron chi connectivity index (χ4n) is 4.30. The van der Waals surface area contributed by atoms with E-state index in [1.807, 2.05) is 7.11 Å². The quantitative estimate of drug-likeness (QED) is 0.667. The van der Waals surface area contributed by atoms with Crippen LogP contribution in [0.1, 0.15) is 58.8 Å². The normalized spacial score (nSPS) is 34.7. The predicted octanol–water partition coefficient (Wildman–Crippen LogP) is 3.61. The van der Waals surface area contributed by atoms with Crippen LogP contribution in [0, 0.1) is 17.3 Å². The molecule has 18 heavy (non-hydrogen) atoms. The molecule has 0 aromatic carbocycles. The van der Waals surface area contributed by atoms with Crippen LogP contribution in [-0.2, 0) is 4.74 Å². The van der Waals surface area contributed by atoms with Crippen LogP contribution in [0.25, 0.3) is 0 Å². The zero-order valence-electron chi connectivity index (χ0n) is 12.5. The maximum atomic E-state index is 5.18. The van der Waals surface area contributed by atoms with E-state index < -0.39 is 0 Å². The van der Waals surface area contributed by atoms with Gasteiger partial charge in [-0.3, -0.25) is 0 Å². The third-order valence-electron chi connectivity index (χ3n) is 5.24. The molecule has 2 aliphatic carbocycles. The van der Waals surface area contributed by atoms with E-state index in [1.165, 1.54) is 51.5 Å². The third kappa shape index (κ3) is 3.27. The van der Waals surface area contributed by atoms with Crippen LogP contribution in [-0.4, -0.2) is 26.3 Å². The summed E-state index contributed by atoms with van der Waals surface area (Å²) < 4.78 is 5.18. The third-order valence-corrected chi connectivity index (χ3v) is 5.24. The summed E-state index contributed by atoms with van der Waals surface area (Å²) in [5.74, 6) is 2.06. The van der Waals surface area contributed by atoms with Crippen LogP contribution >= 0.6 is 0 Å². The lowest BCUT2D eigenvalue weighted by Crippen LogP contribution is -2.41. The summed E-state index contributed by atoms with van der Waals surface area (Å²) in [5, 5.41) is 3.72. The lowest BCUT2D eigenvalue weighted by Gasteiger charge is -2.39. The van der Waals surface area contributed by atoms with E-state index >= 15 is 0 Å². The van der Waals surface area contributed by atoms with Crippen molar-refractivity contribution in [2.45, 2.75) is 64.8 Å². The van der Waals surface area contributed by atoms with Crippen LogP contribution in [0.5, 0.6) is 0 Å². The van der Waals surface area contributed by atoms with Gasteiger partial charge in [0.05, 0.1) is 0 Å². The molecule has 0 aliphatic heterocycles. The largest absolute Gasteiger partial charge is 0.385 e. The SMILES string of the molecule is COCCCCC1(CNC(C)C)CC2CCC1C2. The van der Waals surface area contributed by atoms with Crippen LogP contribution in [0.3, 0.4) is 0 Å². The highest BCUT2D eigenvalue weighted by Crippen LogP contribution is 2.57. The molecule has 0 aromatic rings. The molecule has 106 valence electrons. The van der Waals surface area contributed by atoms with E-state index in [1.54, 1.807) is 0 Å². The fourth-order valence-corrected chi connectivity index (χ4v) is 4.30. The number of methoxy groups -OCH3 is 1. The molecule has 2 nitrogen and oxygen atoms in total. The topological polar surface area (TPSA) is 21.3 Å². The number of fused-ring (bicyclic) bond motifs is 2. The molecule has 0 aromatic heterocycles. The fraction of sp³-hybridized carbons (Fsp3) is 1.00. The van der Waals surface area contributed by atoms with E-state index in [9.17, 15) is 0 Å². The second kappa shape index (κ2) is 6.38. The van der Waals surface area contributed by atoms with Gasteiger partial charge < -0.3 is 10.1 Å². The van der Waals surface area contributed by atoms with Crippen molar-refractivity contribution in [1.29, 1.82) is 0 Å². The van der Waals surface area contributed by atoms with Gasteiger partial charge in [-0.1, -0.05) is 26.7 Å². The minimum absolute atomic E-state index is 0.625. The molecule has 0 spiro atoms. The van der Waals surface area contributed by atoms with E-state index in [2.05, 4.69) is 19.2 Å². The van der Waals surface area contributed by atoms with Crippen LogP contribution in [0.4, 0.5) is 0 Å². The molecule has 2 aliphatic rings. The van der Waals surface area contributed by atoms with Gasteiger partial charge >= 0.3 is 0 Å². The molecule has 1 N–H and O–H groups in total. The standard InChI is InChI=1S/C16H31NO/c1-13(2)17-12-16(8-4-5-9-18-3)11-14-6-7-15(16)10-14/h13-15,17H,4-12H2,1-3H3. The van der Waals surface area contributed by atoms with Crippen molar-refractivity contribution in [2.24, 2.45) is 17.3 Å². The van der Waals surface area contributed by atoms with Crippen molar-refractivity contribution in [1.82, 2.24) is 5.32 Å². The smallest absolute Gasteiger partial charge is 0.0462 e. The first-order valence-corrected chi connectivity index (χ1v) is 7.88. The molecular weight excluding hydrogens is 222 g/mol. The van der Waals surface area contributed by atoms with Crippen molar-refractivity contribution >= 4 is 0 Å². The minimum atomic E-state index is 0.625. The van der Waals surface area contributed by atoms with Gasteiger partial charge in [0.2, 0.25) is 0 Å². The molecule has 3 unspecified atom stereocenters. The first-order valence-electron chi connectivity index (χ1n) is 7.88. The van der Waals surface area contributed by atoms with Crippen LogP contribution < -0.4 is 5.32 Å². The van der Waals surface area contributed by atoms with Crippen molar-refractivity contribution < 1.29 is 4.74 Å². The summed E-state index contributed by atoms with van der Waals surface area (Å²) in [5.41, 5.74) is 0.626. The van der Waals surface area contributed by atoms with E-state index in [-0.39, 0.29) is 0 Å². The van der Waals surface area contributed by atoms with Crippen molar-refractivity contribution in [3.05, 3.63) is 0 Å². The molecule has 0 saturated heterocycles. The molecule has 3 atom stereocenters. The first kappa shape index (κ1) is 14.3. The number of unbranched alkanes of at least 4 members (excludes halogenated alkanes) is 1. The first-order chi connectivity index (χ1) is 8.66. The molecule has 0 amide bonds.